The Bertz CT molecular complexity index is 411. The van der Waals surface area contributed by atoms with Gasteiger partial charge in [-0.05, 0) is 36.4 Å². The Morgan fingerprint density at radius 2 is 1.79 bits per heavy atom. The van der Waals surface area contributed by atoms with Gasteiger partial charge in [-0.1, -0.05) is 66.2 Å². The summed E-state index contributed by atoms with van der Waals surface area (Å²) < 4.78 is 1.30. The molecule has 1 aliphatic carbocycles. The fourth-order valence-electron chi connectivity index (χ4n) is 4.12. The summed E-state index contributed by atoms with van der Waals surface area (Å²) in [5.74, 6) is 2.56. The van der Waals surface area contributed by atoms with Gasteiger partial charge in [0.2, 0.25) is 0 Å². The van der Waals surface area contributed by atoms with Crippen LogP contribution in [0, 0.1) is 11.8 Å². The van der Waals surface area contributed by atoms with Gasteiger partial charge >= 0.3 is 0 Å². The molecule has 0 bridgehead atoms. The Morgan fingerprint density at radius 3 is 2.58 bits per heavy atom. The SMILES string of the molecule is Brc1ccccc1C1CNCCC1C1CCCCC1. The molecule has 2 unspecified atom stereocenters. The van der Waals surface area contributed by atoms with Crippen LogP contribution in [0.4, 0.5) is 0 Å². The van der Waals surface area contributed by atoms with Gasteiger partial charge in [0.1, 0.15) is 0 Å². The second kappa shape index (κ2) is 6.41. The average molecular weight is 322 g/mol. The van der Waals surface area contributed by atoms with Crippen LogP contribution < -0.4 is 5.32 Å². The molecular weight excluding hydrogens is 298 g/mol. The molecule has 1 nitrogen and oxygen atoms in total. The normalized spacial score (nSPS) is 29.3. The van der Waals surface area contributed by atoms with Gasteiger partial charge in [-0.15, -0.1) is 0 Å². The van der Waals surface area contributed by atoms with Crippen LogP contribution in [0.25, 0.3) is 0 Å². The quantitative estimate of drug-likeness (QED) is 0.830. The first kappa shape index (κ1) is 13.6. The fourth-order valence-corrected chi connectivity index (χ4v) is 4.70. The highest BCUT2D eigenvalue weighted by Gasteiger charge is 2.33. The molecular formula is C17H24BrN. The molecule has 3 rings (SSSR count). The van der Waals surface area contributed by atoms with Crippen molar-refractivity contribution < 1.29 is 0 Å². The maximum Gasteiger partial charge on any atom is 0.0210 e. The van der Waals surface area contributed by atoms with Crippen LogP contribution in [-0.2, 0) is 0 Å². The Labute approximate surface area is 125 Å². The second-order valence-electron chi connectivity index (χ2n) is 6.18. The van der Waals surface area contributed by atoms with Crippen molar-refractivity contribution in [2.75, 3.05) is 13.1 Å². The number of halogens is 1. The topological polar surface area (TPSA) is 12.0 Å². The average Bonchev–Trinajstić information content (AvgIpc) is 2.49. The smallest absolute Gasteiger partial charge is 0.0210 e. The zero-order valence-electron chi connectivity index (χ0n) is 11.6. The summed E-state index contributed by atoms with van der Waals surface area (Å²) in [4.78, 5) is 0. The molecule has 1 aromatic carbocycles. The van der Waals surface area contributed by atoms with Crippen LogP contribution in [-0.4, -0.2) is 13.1 Å². The summed E-state index contributed by atoms with van der Waals surface area (Å²) in [5.41, 5.74) is 1.52. The lowest BCUT2D eigenvalue weighted by Crippen LogP contribution is -2.39. The van der Waals surface area contributed by atoms with E-state index < -0.39 is 0 Å². The van der Waals surface area contributed by atoms with Crippen molar-refractivity contribution in [2.45, 2.75) is 44.4 Å². The summed E-state index contributed by atoms with van der Waals surface area (Å²) in [6.45, 7) is 2.37. The molecule has 0 radical (unpaired) electrons. The van der Waals surface area contributed by atoms with Crippen LogP contribution in [0.3, 0.4) is 0 Å². The predicted molar refractivity (Wildman–Crippen MR) is 84.4 cm³/mol. The molecule has 2 heteroatoms. The molecule has 1 saturated heterocycles. The van der Waals surface area contributed by atoms with Crippen LogP contribution in [0.2, 0.25) is 0 Å². The number of hydrogen-bond acceptors (Lipinski definition) is 1. The molecule has 0 amide bonds. The van der Waals surface area contributed by atoms with Crippen molar-refractivity contribution >= 4 is 15.9 Å². The van der Waals surface area contributed by atoms with E-state index in [1.54, 1.807) is 0 Å². The molecule has 1 N–H and O–H groups in total. The maximum absolute atomic E-state index is 3.76. The van der Waals surface area contributed by atoms with Gasteiger partial charge in [0.15, 0.2) is 0 Å². The molecule has 0 aromatic heterocycles. The summed E-state index contributed by atoms with van der Waals surface area (Å²) >= 11 is 3.76. The summed E-state index contributed by atoms with van der Waals surface area (Å²) in [6, 6.07) is 8.82. The van der Waals surface area contributed by atoms with Gasteiger partial charge in [0, 0.05) is 16.9 Å². The van der Waals surface area contributed by atoms with Crippen molar-refractivity contribution in [1.82, 2.24) is 5.32 Å². The van der Waals surface area contributed by atoms with Crippen molar-refractivity contribution in [1.29, 1.82) is 0 Å². The van der Waals surface area contributed by atoms with E-state index >= 15 is 0 Å². The third-order valence-electron chi connectivity index (χ3n) is 5.10. The highest BCUT2D eigenvalue weighted by Crippen LogP contribution is 2.42. The highest BCUT2D eigenvalue weighted by molar-refractivity contribution is 9.10. The first-order chi connectivity index (χ1) is 9.36. The van der Waals surface area contributed by atoms with E-state index in [9.17, 15) is 0 Å². The largest absolute Gasteiger partial charge is 0.316 e. The maximum atomic E-state index is 3.76. The number of rotatable bonds is 2. The minimum Gasteiger partial charge on any atom is -0.316 e. The second-order valence-corrected chi connectivity index (χ2v) is 7.04. The van der Waals surface area contributed by atoms with Crippen LogP contribution >= 0.6 is 15.9 Å². The molecule has 104 valence electrons. The third kappa shape index (κ3) is 3.05. The van der Waals surface area contributed by atoms with E-state index in [2.05, 4.69) is 45.5 Å². The van der Waals surface area contributed by atoms with Crippen molar-refractivity contribution in [3.8, 4) is 0 Å². The standard InChI is InChI=1S/C17H24BrN/c18-17-9-5-4-8-15(17)16-12-19-11-10-14(16)13-6-2-1-3-7-13/h4-5,8-9,13-14,16,19H,1-3,6-7,10-12H2. The zero-order chi connectivity index (χ0) is 13.1. The van der Waals surface area contributed by atoms with E-state index in [1.165, 1.54) is 55.1 Å². The molecule has 2 aliphatic rings. The summed E-state index contributed by atoms with van der Waals surface area (Å²) in [7, 11) is 0. The number of hydrogen-bond donors (Lipinski definition) is 1. The van der Waals surface area contributed by atoms with Gasteiger partial charge < -0.3 is 5.32 Å². The van der Waals surface area contributed by atoms with Gasteiger partial charge in [-0.25, -0.2) is 0 Å². The Hall–Kier alpha value is -0.340. The minimum atomic E-state index is 0.701. The monoisotopic (exact) mass is 321 g/mol. The Morgan fingerprint density at radius 1 is 1.00 bits per heavy atom. The van der Waals surface area contributed by atoms with Gasteiger partial charge in [0.05, 0.1) is 0 Å². The van der Waals surface area contributed by atoms with Gasteiger partial charge in [-0.2, -0.15) is 0 Å². The fraction of sp³-hybridized carbons (Fsp3) is 0.647. The van der Waals surface area contributed by atoms with E-state index in [1.807, 2.05) is 0 Å². The molecule has 1 saturated carbocycles. The van der Waals surface area contributed by atoms with E-state index in [4.69, 9.17) is 0 Å². The lowest BCUT2D eigenvalue weighted by Gasteiger charge is -2.40. The van der Waals surface area contributed by atoms with Crippen LogP contribution in [0.15, 0.2) is 28.7 Å². The lowest BCUT2D eigenvalue weighted by molar-refractivity contribution is 0.178. The minimum absolute atomic E-state index is 0.701. The Balaban J connectivity index is 1.82. The highest BCUT2D eigenvalue weighted by atomic mass is 79.9. The molecule has 1 aliphatic heterocycles. The third-order valence-corrected chi connectivity index (χ3v) is 5.82. The lowest BCUT2D eigenvalue weighted by atomic mass is 9.69. The molecule has 2 fully saturated rings. The number of nitrogens with one attached hydrogen (secondary N) is 1. The van der Waals surface area contributed by atoms with E-state index in [0.717, 1.165) is 18.4 Å². The molecule has 0 spiro atoms. The first-order valence-corrected chi connectivity index (χ1v) is 8.60. The van der Waals surface area contributed by atoms with Crippen LogP contribution in [0.5, 0.6) is 0 Å². The molecule has 1 heterocycles. The zero-order valence-corrected chi connectivity index (χ0v) is 13.2. The van der Waals surface area contributed by atoms with Crippen molar-refractivity contribution in [3.63, 3.8) is 0 Å². The van der Waals surface area contributed by atoms with Gasteiger partial charge in [0.25, 0.3) is 0 Å². The summed E-state index contributed by atoms with van der Waals surface area (Å²) in [6.07, 6.45) is 8.66. The van der Waals surface area contributed by atoms with Crippen molar-refractivity contribution in [2.24, 2.45) is 11.8 Å². The molecule has 2 atom stereocenters. The predicted octanol–water partition coefficient (Wildman–Crippen LogP) is 4.72. The Kier molecular flexibility index (Phi) is 4.60. The first-order valence-electron chi connectivity index (χ1n) is 7.81. The number of piperidine rings is 1. The van der Waals surface area contributed by atoms with Crippen LogP contribution in [0.1, 0.15) is 50.0 Å². The molecule has 19 heavy (non-hydrogen) atoms. The van der Waals surface area contributed by atoms with E-state index in [0.29, 0.717) is 5.92 Å². The molecule has 1 aromatic rings. The van der Waals surface area contributed by atoms with E-state index in [-0.39, 0.29) is 0 Å². The van der Waals surface area contributed by atoms with Crippen molar-refractivity contribution in [3.05, 3.63) is 34.3 Å². The number of benzene rings is 1. The van der Waals surface area contributed by atoms with Gasteiger partial charge in [-0.3, -0.25) is 0 Å². The summed E-state index contributed by atoms with van der Waals surface area (Å²) in [5, 5.41) is 3.61.